The van der Waals surface area contributed by atoms with Crippen molar-refractivity contribution in [2.45, 2.75) is 13.0 Å². The Hall–Kier alpha value is -2.09. The summed E-state index contributed by atoms with van der Waals surface area (Å²) in [5, 5.41) is 10.9. The summed E-state index contributed by atoms with van der Waals surface area (Å²) in [5.41, 5.74) is -0.0990. The van der Waals surface area contributed by atoms with E-state index in [9.17, 15) is 9.59 Å². The molecule has 5 nitrogen and oxygen atoms in total. The number of hydrogen-bond acceptors (Lipinski definition) is 3. The summed E-state index contributed by atoms with van der Waals surface area (Å²) in [7, 11) is 0. The van der Waals surface area contributed by atoms with E-state index in [-0.39, 0.29) is 11.1 Å². The van der Waals surface area contributed by atoms with Gasteiger partial charge in [0.15, 0.2) is 0 Å². The first kappa shape index (κ1) is 9.99. The molecule has 1 aromatic heterocycles. The molecule has 14 heavy (non-hydrogen) atoms. The second-order valence-corrected chi connectivity index (χ2v) is 2.77. The lowest BCUT2D eigenvalue weighted by Gasteiger charge is -2.04. The number of nitrogens with one attached hydrogen (secondary N) is 2. The van der Waals surface area contributed by atoms with E-state index in [4.69, 9.17) is 5.26 Å². The van der Waals surface area contributed by atoms with Gasteiger partial charge in [-0.15, -0.1) is 0 Å². The Balaban J connectivity index is 2.81. The fraction of sp³-hybridized carbons (Fsp3) is 0.222. The van der Waals surface area contributed by atoms with Crippen LogP contribution in [0.5, 0.6) is 0 Å². The Labute approximate surface area is 80.4 Å². The summed E-state index contributed by atoms with van der Waals surface area (Å²) < 4.78 is 0. The molecule has 1 amide bonds. The molecule has 0 bridgehead atoms. The third kappa shape index (κ3) is 2.45. The summed E-state index contributed by atoms with van der Waals surface area (Å²) in [6.45, 7) is 1.56. The fourth-order valence-corrected chi connectivity index (χ4v) is 0.898. The van der Waals surface area contributed by atoms with E-state index in [1.54, 1.807) is 6.92 Å². The molecule has 0 spiro atoms. The monoisotopic (exact) mass is 191 g/mol. The number of hydrogen-bond donors (Lipinski definition) is 2. The van der Waals surface area contributed by atoms with E-state index < -0.39 is 11.9 Å². The Morgan fingerprint density at radius 3 is 3.00 bits per heavy atom. The summed E-state index contributed by atoms with van der Waals surface area (Å²) >= 11 is 0. The average molecular weight is 191 g/mol. The van der Waals surface area contributed by atoms with Crippen molar-refractivity contribution in [3.05, 3.63) is 34.2 Å². The summed E-state index contributed by atoms with van der Waals surface area (Å²) in [5.74, 6) is -0.426. The molecule has 72 valence electrons. The maximum Gasteiger partial charge on any atom is 0.252 e. The van der Waals surface area contributed by atoms with Crippen molar-refractivity contribution in [1.82, 2.24) is 10.3 Å². The Morgan fingerprint density at radius 1 is 1.71 bits per heavy atom. The number of nitriles is 1. The second kappa shape index (κ2) is 4.23. The summed E-state index contributed by atoms with van der Waals surface area (Å²) in [4.78, 5) is 24.6. The van der Waals surface area contributed by atoms with Gasteiger partial charge >= 0.3 is 0 Å². The zero-order valence-electron chi connectivity index (χ0n) is 7.57. The zero-order chi connectivity index (χ0) is 10.6. The number of carbonyl (C=O) groups is 1. The predicted octanol–water partition coefficient (Wildman–Crippen LogP) is 0.0168. The minimum Gasteiger partial charge on any atom is -0.337 e. The number of aromatic amines is 1. The van der Waals surface area contributed by atoms with Gasteiger partial charge in [-0.05, 0) is 13.0 Å². The zero-order valence-corrected chi connectivity index (χ0v) is 7.57. The smallest absolute Gasteiger partial charge is 0.252 e. The van der Waals surface area contributed by atoms with Crippen LogP contribution in [0.2, 0.25) is 0 Å². The van der Waals surface area contributed by atoms with E-state index in [2.05, 4.69) is 10.3 Å². The van der Waals surface area contributed by atoms with Gasteiger partial charge in [0, 0.05) is 17.8 Å². The maximum atomic E-state index is 11.4. The average Bonchev–Trinajstić information content (AvgIpc) is 2.17. The number of carbonyl (C=O) groups excluding carboxylic acids is 1. The van der Waals surface area contributed by atoms with Crippen LogP contribution in [-0.4, -0.2) is 16.9 Å². The lowest BCUT2D eigenvalue weighted by atomic mass is 10.2. The highest BCUT2D eigenvalue weighted by Crippen LogP contribution is 1.93. The van der Waals surface area contributed by atoms with Crippen LogP contribution in [-0.2, 0) is 0 Å². The number of H-pyrrole nitrogens is 1. The molecule has 2 N–H and O–H groups in total. The number of nitrogens with zero attached hydrogens (tertiary/aromatic N) is 1. The second-order valence-electron chi connectivity index (χ2n) is 2.77. The molecule has 0 saturated heterocycles. The predicted molar refractivity (Wildman–Crippen MR) is 49.6 cm³/mol. The Bertz CT molecular complexity index is 430. The standard InChI is InChI=1S/C9H9N3O2/c1-6(5-10)12-9(14)7-2-3-11-8(13)4-7/h2-4,6H,1H3,(H,11,13)(H,12,14). The fourth-order valence-electron chi connectivity index (χ4n) is 0.898. The maximum absolute atomic E-state index is 11.4. The molecule has 0 aliphatic rings. The molecule has 0 aromatic carbocycles. The molecular weight excluding hydrogens is 182 g/mol. The van der Waals surface area contributed by atoms with Crippen LogP contribution in [0.4, 0.5) is 0 Å². The summed E-state index contributed by atoms with van der Waals surface area (Å²) in [6, 6.07) is 3.95. The molecule has 0 saturated carbocycles. The molecule has 0 aliphatic heterocycles. The van der Waals surface area contributed by atoms with Crippen LogP contribution in [0.1, 0.15) is 17.3 Å². The van der Waals surface area contributed by atoms with Crippen molar-refractivity contribution >= 4 is 5.91 Å². The van der Waals surface area contributed by atoms with Crippen molar-refractivity contribution in [3.8, 4) is 6.07 Å². The van der Waals surface area contributed by atoms with Gasteiger partial charge in [0.25, 0.3) is 5.91 Å². The number of rotatable bonds is 2. The van der Waals surface area contributed by atoms with Crippen LogP contribution in [0, 0.1) is 11.3 Å². The minimum absolute atomic E-state index is 0.246. The molecule has 1 heterocycles. The van der Waals surface area contributed by atoms with Crippen molar-refractivity contribution in [1.29, 1.82) is 5.26 Å². The molecule has 0 radical (unpaired) electrons. The molecule has 0 fully saturated rings. The van der Waals surface area contributed by atoms with E-state index in [0.29, 0.717) is 0 Å². The molecule has 5 heteroatoms. The minimum atomic E-state index is -0.568. The van der Waals surface area contributed by atoms with Gasteiger partial charge in [0.2, 0.25) is 5.56 Å². The van der Waals surface area contributed by atoms with Crippen molar-refractivity contribution in [2.75, 3.05) is 0 Å². The van der Waals surface area contributed by atoms with E-state index in [0.717, 1.165) is 0 Å². The highest BCUT2D eigenvalue weighted by molar-refractivity contribution is 5.94. The van der Waals surface area contributed by atoms with Crippen LogP contribution >= 0.6 is 0 Å². The van der Waals surface area contributed by atoms with Gasteiger partial charge in [-0.1, -0.05) is 0 Å². The van der Waals surface area contributed by atoms with E-state index in [1.165, 1.54) is 18.3 Å². The lowest BCUT2D eigenvalue weighted by molar-refractivity contribution is 0.0947. The Morgan fingerprint density at radius 2 is 2.43 bits per heavy atom. The quantitative estimate of drug-likeness (QED) is 0.690. The van der Waals surface area contributed by atoms with Gasteiger partial charge < -0.3 is 10.3 Å². The highest BCUT2D eigenvalue weighted by atomic mass is 16.2. The van der Waals surface area contributed by atoms with Gasteiger partial charge in [-0.3, -0.25) is 9.59 Å². The number of pyridine rings is 1. The SMILES string of the molecule is CC(C#N)NC(=O)c1cc[nH]c(=O)c1. The molecule has 1 rings (SSSR count). The third-order valence-electron chi connectivity index (χ3n) is 1.58. The third-order valence-corrected chi connectivity index (χ3v) is 1.58. The molecule has 1 aromatic rings. The first-order chi connectivity index (χ1) is 6.63. The highest BCUT2D eigenvalue weighted by Gasteiger charge is 2.08. The van der Waals surface area contributed by atoms with Crippen molar-refractivity contribution in [3.63, 3.8) is 0 Å². The van der Waals surface area contributed by atoms with Gasteiger partial charge in [0.05, 0.1) is 6.07 Å². The lowest BCUT2D eigenvalue weighted by Crippen LogP contribution is -2.31. The van der Waals surface area contributed by atoms with Crippen LogP contribution < -0.4 is 10.9 Å². The van der Waals surface area contributed by atoms with Crippen LogP contribution in [0.25, 0.3) is 0 Å². The molecule has 1 unspecified atom stereocenters. The van der Waals surface area contributed by atoms with E-state index >= 15 is 0 Å². The molecular formula is C9H9N3O2. The first-order valence-corrected chi connectivity index (χ1v) is 4.02. The number of amides is 1. The molecule has 1 atom stereocenters. The molecule has 0 aliphatic carbocycles. The van der Waals surface area contributed by atoms with Gasteiger partial charge in [0.1, 0.15) is 6.04 Å². The largest absolute Gasteiger partial charge is 0.337 e. The topological polar surface area (TPSA) is 85.8 Å². The van der Waals surface area contributed by atoms with Crippen molar-refractivity contribution in [2.24, 2.45) is 0 Å². The summed E-state index contributed by atoms with van der Waals surface area (Å²) in [6.07, 6.45) is 1.38. The van der Waals surface area contributed by atoms with Gasteiger partial charge in [-0.2, -0.15) is 5.26 Å². The van der Waals surface area contributed by atoms with Crippen LogP contribution in [0.3, 0.4) is 0 Å². The normalized spacial score (nSPS) is 11.4. The Kier molecular flexibility index (Phi) is 3.02. The first-order valence-electron chi connectivity index (χ1n) is 4.02. The van der Waals surface area contributed by atoms with Crippen LogP contribution in [0.15, 0.2) is 23.1 Å². The van der Waals surface area contributed by atoms with Gasteiger partial charge in [-0.25, -0.2) is 0 Å². The number of aromatic nitrogens is 1. The van der Waals surface area contributed by atoms with Crippen molar-refractivity contribution < 1.29 is 4.79 Å². The van der Waals surface area contributed by atoms with E-state index in [1.807, 2.05) is 6.07 Å².